The average Bonchev–Trinajstić information content (AvgIpc) is 3.50. The number of amides is 2. The number of nitrogens with zero attached hydrogens (tertiary/aromatic N) is 4. The fourth-order valence-electron chi connectivity index (χ4n) is 3.76. The second-order valence-corrected chi connectivity index (χ2v) is 10.0. The van der Waals surface area contributed by atoms with Crippen molar-refractivity contribution in [3.05, 3.63) is 82.3 Å². The molecule has 0 bridgehead atoms. The Morgan fingerprint density at radius 2 is 1.86 bits per heavy atom. The number of carbonyl (C=O) groups is 2. The lowest BCUT2D eigenvalue weighted by atomic mass is 9.98. The quantitative estimate of drug-likeness (QED) is 0.366. The molecule has 2 amide bonds. The van der Waals surface area contributed by atoms with E-state index in [2.05, 4.69) is 15.6 Å². The summed E-state index contributed by atoms with van der Waals surface area (Å²) >= 11 is 1.50. The maximum Gasteiger partial charge on any atom is 0.247 e. The number of aromatic nitrogens is 3. The largest absolute Gasteiger partial charge is 0.349 e. The van der Waals surface area contributed by atoms with E-state index >= 15 is 0 Å². The minimum Gasteiger partial charge on any atom is -0.349 e. The van der Waals surface area contributed by atoms with Crippen LogP contribution in [0.15, 0.2) is 66.0 Å². The first-order valence-electron chi connectivity index (χ1n) is 11.4. The molecule has 0 unspecified atom stereocenters. The van der Waals surface area contributed by atoms with E-state index in [0.717, 1.165) is 10.4 Å². The van der Waals surface area contributed by atoms with Gasteiger partial charge in [0, 0.05) is 10.4 Å². The van der Waals surface area contributed by atoms with Crippen LogP contribution in [0.5, 0.6) is 0 Å². The third-order valence-electron chi connectivity index (χ3n) is 6.02. The molecule has 0 aliphatic carbocycles. The van der Waals surface area contributed by atoms with Crippen LogP contribution in [-0.4, -0.2) is 37.2 Å². The van der Waals surface area contributed by atoms with Gasteiger partial charge in [-0.2, -0.15) is 0 Å². The highest BCUT2D eigenvalue weighted by Crippen LogP contribution is 2.27. The highest BCUT2D eigenvalue weighted by molar-refractivity contribution is 7.09. The van der Waals surface area contributed by atoms with E-state index in [1.807, 2.05) is 62.5 Å². The number of thiophene rings is 1. The summed E-state index contributed by atoms with van der Waals surface area (Å²) in [5.74, 6) is -1.03. The summed E-state index contributed by atoms with van der Waals surface area (Å²) < 4.78 is 15.3. The molecule has 0 radical (unpaired) electrons. The van der Waals surface area contributed by atoms with Crippen LogP contribution < -0.4 is 5.32 Å². The van der Waals surface area contributed by atoms with Gasteiger partial charge in [0.05, 0.1) is 12.1 Å². The van der Waals surface area contributed by atoms with Crippen molar-refractivity contribution in [1.29, 1.82) is 0 Å². The lowest BCUT2D eigenvalue weighted by Gasteiger charge is -2.34. The predicted octanol–water partition coefficient (Wildman–Crippen LogP) is 4.71. The van der Waals surface area contributed by atoms with Gasteiger partial charge < -0.3 is 10.2 Å². The molecular formula is C26H28FN5O2S. The van der Waals surface area contributed by atoms with Crippen LogP contribution in [0.4, 0.5) is 4.39 Å². The number of carbonyl (C=O) groups excluding carboxylic acids is 2. The van der Waals surface area contributed by atoms with Crippen molar-refractivity contribution >= 4 is 34.2 Å². The van der Waals surface area contributed by atoms with Crippen molar-refractivity contribution in [3.8, 4) is 0 Å². The molecule has 2 aromatic heterocycles. The van der Waals surface area contributed by atoms with E-state index in [-0.39, 0.29) is 24.9 Å². The molecular weight excluding hydrogens is 465 g/mol. The van der Waals surface area contributed by atoms with Crippen LogP contribution in [0.1, 0.15) is 43.7 Å². The molecule has 2 aromatic carbocycles. The number of halogens is 1. The van der Waals surface area contributed by atoms with E-state index in [4.69, 9.17) is 0 Å². The summed E-state index contributed by atoms with van der Waals surface area (Å²) in [6.07, 6.45) is 0.707. The number of hydrogen-bond donors (Lipinski definition) is 1. The number of fused-ring (bicyclic) bond motifs is 1. The fourth-order valence-corrected chi connectivity index (χ4v) is 4.46. The SMILES string of the molecule is CCC(C)(C)NC(=O)[C@@H](c1ccc(F)cc1)N(Cc1cccs1)C(=O)Cn1nnc2ccccc21. The normalized spacial score (nSPS) is 12.5. The highest BCUT2D eigenvalue weighted by Gasteiger charge is 2.34. The molecule has 0 spiro atoms. The summed E-state index contributed by atoms with van der Waals surface area (Å²) in [7, 11) is 0. The number of benzene rings is 2. The predicted molar refractivity (Wildman–Crippen MR) is 134 cm³/mol. The summed E-state index contributed by atoms with van der Waals surface area (Å²) in [6, 6.07) is 16.0. The Hall–Kier alpha value is -3.59. The number of hydrogen-bond acceptors (Lipinski definition) is 5. The third-order valence-corrected chi connectivity index (χ3v) is 6.88. The average molecular weight is 494 g/mol. The van der Waals surface area contributed by atoms with Gasteiger partial charge in [0.2, 0.25) is 11.8 Å². The Balaban J connectivity index is 1.74. The number of rotatable bonds is 9. The molecule has 1 atom stereocenters. The van der Waals surface area contributed by atoms with Crippen molar-refractivity contribution < 1.29 is 14.0 Å². The highest BCUT2D eigenvalue weighted by atomic mass is 32.1. The first kappa shape index (κ1) is 24.5. The second kappa shape index (κ2) is 10.4. The molecule has 0 fully saturated rings. The van der Waals surface area contributed by atoms with E-state index in [0.29, 0.717) is 17.5 Å². The van der Waals surface area contributed by atoms with Gasteiger partial charge in [-0.1, -0.05) is 42.5 Å². The summed E-state index contributed by atoms with van der Waals surface area (Å²) in [5, 5.41) is 13.3. The first-order chi connectivity index (χ1) is 16.8. The Bertz CT molecular complexity index is 1300. The molecule has 2 heterocycles. The molecule has 7 nitrogen and oxygen atoms in total. The van der Waals surface area contributed by atoms with Gasteiger partial charge >= 0.3 is 0 Å². The van der Waals surface area contributed by atoms with Crippen LogP contribution in [-0.2, 0) is 22.7 Å². The molecule has 0 aliphatic heterocycles. The molecule has 0 saturated heterocycles. The van der Waals surface area contributed by atoms with E-state index < -0.39 is 17.4 Å². The van der Waals surface area contributed by atoms with Gasteiger partial charge in [0.25, 0.3) is 0 Å². The molecule has 9 heteroatoms. The van der Waals surface area contributed by atoms with Gasteiger partial charge in [0.15, 0.2) is 0 Å². The molecule has 0 saturated carbocycles. The van der Waals surface area contributed by atoms with Gasteiger partial charge in [-0.3, -0.25) is 9.59 Å². The summed E-state index contributed by atoms with van der Waals surface area (Å²) in [5.41, 5.74) is 1.47. The van der Waals surface area contributed by atoms with Crippen LogP contribution in [0.25, 0.3) is 11.0 Å². The van der Waals surface area contributed by atoms with Crippen molar-refractivity contribution in [2.45, 2.75) is 51.9 Å². The van der Waals surface area contributed by atoms with Crippen LogP contribution in [0, 0.1) is 5.82 Å². The molecule has 182 valence electrons. The fraction of sp³-hybridized carbons (Fsp3) is 0.308. The molecule has 0 aliphatic rings. The maximum absolute atomic E-state index is 13.8. The molecule has 35 heavy (non-hydrogen) atoms. The van der Waals surface area contributed by atoms with Gasteiger partial charge in [0.1, 0.15) is 23.9 Å². The monoisotopic (exact) mass is 493 g/mol. The smallest absolute Gasteiger partial charge is 0.247 e. The van der Waals surface area contributed by atoms with E-state index in [1.165, 1.54) is 33.1 Å². The van der Waals surface area contributed by atoms with E-state index in [1.54, 1.807) is 12.1 Å². The molecule has 1 N–H and O–H groups in total. The zero-order valence-corrected chi connectivity index (χ0v) is 20.8. The van der Waals surface area contributed by atoms with Crippen molar-refractivity contribution in [2.24, 2.45) is 0 Å². The van der Waals surface area contributed by atoms with Gasteiger partial charge in [-0.25, -0.2) is 9.07 Å². The minimum atomic E-state index is -0.953. The lowest BCUT2D eigenvalue weighted by Crippen LogP contribution is -2.50. The summed E-state index contributed by atoms with van der Waals surface area (Å²) in [4.78, 5) is 29.9. The van der Waals surface area contributed by atoms with Gasteiger partial charge in [-0.15, -0.1) is 16.4 Å². The lowest BCUT2D eigenvalue weighted by molar-refractivity contribution is -0.142. The van der Waals surface area contributed by atoms with Crippen molar-refractivity contribution in [1.82, 2.24) is 25.2 Å². The number of nitrogens with one attached hydrogen (secondary N) is 1. The summed E-state index contributed by atoms with van der Waals surface area (Å²) in [6.45, 7) is 5.98. The minimum absolute atomic E-state index is 0.0893. The standard InChI is InChI=1S/C26H28FN5O2S/c1-4-26(2,3)28-25(34)24(18-11-13-19(27)14-12-18)31(16-20-8-7-15-35-20)23(33)17-32-22-10-6-5-9-21(22)29-30-32/h5-15,24H,4,16-17H2,1-3H3,(H,28,34)/t24-/m1/s1. The van der Waals surface area contributed by atoms with Crippen molar-refractivity contribution in [3.63, 3.8) is 0 Å². The molecule has 4 aromatic rings. The zero-order chi connectivity index (χ0) is 25.0. The first-order valence-corrected chi connectivity index (χ1v) is 12.3. The second-order valence-electron chi connectivity index (χ2n) is 9.02. The topological polar surface area (TPSA) is 80.1 Å². The molecule has 4 rings (SSSR count). The van der Waals surface area contributed by atoms with Crippen LogP contribution in [0.3, 0.4) is 0 Å². The Labute approximate surface area is 207 Å². The Kier molecular flexibility index (Phi) is 7.25. The van der Waals surface area contributed by atoms with Gasteiger partial charge in [-0.05, 0) is 61.5 Å². The Morgan fingerprint density at radius 3 is 2.54 bits per heavy atom. The number of para-hydroxylation sites is 1. The van der Waals surface area contributed by atoms with Crippen LogP contribution in [0.2, 0.25) is 0 Å². The van der Waals surface area contributed by atoms with Crippen LogP contribution >= 0.6 is 11.3 Å². The third kappa shape index (κ3) is 5.74. The Morgan fingerprint density at radius 1 is 1.11 bits per heavy atom. The van der Waals surface area contributed by atoms with Crippen molar-refractivity contribution in [2.75, 3.05) is 0 Å². The maximum atomic E-state index is 13.8. The van der Waals surface area contributed by atoms with E-state index in [9.17, 15) is 14.0 Å². The zero-order valence-electron chi connectivity index (χ0n) is 19.9.